The van der Waals surface area contributed by atoms with Crippen LogP contribution in [0.1, 0.15) is 34.6 Å². The molecule has 2 rings (SSSR count). The standard InChI is InChI=1S/C11H17N3O2/c1-7-10(8(2)14-13-7)11(15)12-9-3-5-16-6-4-9/h9H,3-6H2,1-2H3,(H,12,15)(H,13,14). The Bertz CT molecular complexity index is 361. The van der Waals surface area contributed by atoms with Crippen molar-refractivity contribution in [2.75, 3.05) is 13.2 Å². The Hall–Kier alpha value is -1.36. The number of amides is 1. The molecule has 5 nitrogen and oxygen atoms in total. The van der Waals surface area contributed by atoms with E-state index in [2.05, 4.69) is 15.5 Å². The summed E-state index contributed by atoms with van der Waals surface area (Å²) in [5.74, 6) is -0.0318. The van der Waals surface area contributed by atoms with Crippen LogP contribution in [0.25, 0.3) is 0 Å². The van der Waals surface area contributed by atoms with Gasteiger partial charge in [-0.3, -0.25) is 9.89 Å². The van der Waals surface area contributed by atoms with Crippen LogP contribution in [0.2, 0.25) is 0 Å². The average molecular weight is 223 g/mol. The summed E-state index contributed by atoms with van der Waals surface area (Å²) in [6.45, 7) is 5.16. The maximum Gasteiger partial charge on any atom is 0.255 e. The molecule has 0 radical (unpaired) electrons. The Balaban J connectivity index is 2.02. The van der Waals surface area contributed by atoms with Crippen LogP contribution in [0.15, 0.2) is 0 Å². The summed E-state index contributed by atoms with van der Waals surface area (Å²) in [6, 6.07) is 0.231. The maximum absolute atomic E-state index is 12.0. The van der Waals surface area contributed by atoms with E-state index in [1.54, 1.807) is 0 Å². The lowest BCUT2D eigenvalue weighted by molar-refractivity contribution is 0.0696. The van der Waals surface area contributed by atoms with Crippen molar-refractivity contribution in [3.8, 4) is 0 Å². The fourth-order valence-electron chi connectivity index (χ4n) is 1.98. The van der Waals surface area contributed by atoms with E-state index in [1.807, 2.05) is 13.8 Å². The number of aromatic nitrogens is 2. The summed E-state index contributed by atoms with van der Waals surface area (Å²) in [7, 11) is 0. The van der Waals surface area contributed by atoms with Crippen molar-refractivity contribution in [2.24, 2.45) is 0 Å². The molecule has 1 aromatic heterocycles. The first-order valence-electron chi connectivity index (χ1n) is 5.58. The molecule has 5 heteroatoms. The third-order valence-corrected chi connectivity index (χ3v) is 2.91. The molecule has 1 saturated heterocycles. The second-order valence-corrected chi connectivity index (χ2v) is 4.17. The number of hydrogen-bond donors (Lipinski definition) is 2. The lowest BCUT2D eigenvalue weighted by Crippen LogP contribution is -2.39. The van der Waals surface area contributed by atoms with Crippen LogP contribution in [0.5, 0.6) is 0 Å². The van der Waals surface area contributed by atoms with Crippen molar-refractivity contribution in [1.29, 1.82) is 0 Å². The fourth-order valence-corrected chi connectivity index (χ4v) is 1.98. The molecule has 0 aromatic carbocycles. The Kier molecular flexibility index (Phi) is 3.24. The van der Waals surface area contributed by atoms with Crippen molar-refractivity contribution in [3.63, 3.8) is 0 Å². The van der Waals surface area contributed by atoms with Crippen molar-refractivity contribution in [3.05, 3.63) is 17.0 Å². The molecule has 0 atom stereocenters. The molecule has 0 spiro atoms. The van der Waals surface area contributed by atoms with Crippen LogP contribution in [-0.4, -0.2) is 35.4 Å². The van der Waals surface area contributed by atoms with Crippen LogP contribution in [0.3, 0.4) is 0 Å². The molecule has 16 heavy (non-hydrogen) atoms. The molecule has 2 N–H and O–H groups in total. The highest BCUT2D eigenvalue weighted by atomic mass is 16.5. The molecule has 1 fully saturated rings. The molecule has 1 aromatic rings. The molecule has 0 aliphatic carbocycles. The average Bonchev–Trinajstić information content (AvgIpc) is 2.60. The topological polar surface area (TPSA) is 67.0 Å². The number of nitrogens with one attached hydrogen (secondary N) is 2. The lowest BCUT2D eigenvalue weighted by atomic mass is 10.1. The second kappa shape index (κ2) is 4.65. The van der Waals surface area contributed by atoms with Crippen molar-refractivity contribution in [1.82, 2.24) is 15.5 Å². The Morgan fingerprint density at radius 3 is 2.69 bits per heavy atom. The van der Waals surface area contributed by atoms with E-state index in [0.717, 1.165) is 37.4 Å². The largest absolute Gasteiger partial charge is 0.381 e. The van der Waals surface area contributed by atoms with Gasteiger partial charge in [-0.05, 0) is 26.7 Å². The van der Waals surface area contributed by atoms with E-state index in [0.29, 0.717) is 5.56 Å². The number of aromatic amines is 1. The van der Waals surface area contributed by atoms with Gasteiger partial charge in [-0.25, -0.2) is 0 Å². The zero-order chi connectivity index (χ0) is 11.5. The quantitative estimate of drug-likeness (QED) is 0.784. The third kappa shape index (κ3) is 2.24. The SMILES string of the molecule is Cc1n[nH]c(C)c1C(=O)NC1CCOCC1. The minimum absolute atomic E-state index is 0.0318. The van der Waals surface area contributed by atoms with Crippen molar-refractivity contribution in [2.45, 2.75) is 32.7 Å². The van der Waals surface area contributed by atoms with Crippen LogP contribution in [0, 0.1) is 13.8 Å². The van der Waals surface area contributed by atoms with Gasteiger partial charge in [0.05, 0.1) is 11.3 Å². The first kappa shape index (κ1) is 11.1. The first-order valence-corrected chi connectivity index (χ1v) is 5.58. The summed E-state index contributed by atoms with van der Waals surface area (Å²) in [4.78, 5) is 12.0. The number of H-pyrrole nitrogens is 1. The summed E-state index contributed by atoms with van der Waals surface area (Å²) in [5.41, 5.74) is 2.25. The van der Waals surface area contributed by atoms with E-state index in [9.17, 15) is 4.79 Å². The molecular formula is C11H17N3O2. The number of aryl methyl sites for hydroxylation is 2. The summed E-state index contributed by atoms with van der Waals surface area (Å²) < 4.78 is 5.25. The van der Waals surface area contributed by atoms with Gasteiger partial charge in [0, 0.05) is 24.9 Å². The summed E-state index contributed by atoms with van der Waals surface area (Å²) in [5, 5.41) is 9.86. The zero-order valence-corrected chi connectivity index (χ0v) is 9.67. The predicted molar refractivity (Wildman–Crippen MR) is 59.4 cm³/mol. The highest BCUT2D eigenvalue weighted by Crippen LogP contribution is 2.12. The van der Waals surface area contributed by atoms with E-state index >= 15 is 0 Å². The Morgan fingerprint density at radius 2 is 2.12 bits per heavy atom. The number of nitrogens with zero attached hydrogens (tertiary/aromatic N) is 1. The molecule has 0 bridgehead atoms. The molecular weight excluding hydrogens is 206 g/mol. The monoisotopic (exact) mass is 223 g/mol. The first-order chi connectivity index (χ1) is 7.68. The van der Waals surface area contributed by atoms with Gasteiger partial charge in [0.2, 0.25) is 0 Å². The molecule has 0 unspecified atom stereocenters. The predicted octanol–water partition coefficient (Wildman–Crippen LogP) is 0.935. The van der Waals surface area contributed by atoms with Gasteiger partial charge in [0.15, 0.2) is 0 Å². The normalized spacial score (nSPS) is 17.4. The minimum Gasteiger partial charge on any atom is -0.381 e. The van der Waals surface area contributed by atoms with Gasteiger partial charge in [-0.15, -0.1) is 0 Å². The number of rotatable bonds is 2. The highest BCUT2D eigenvalue weighted by Gasteiger charge is 2.20. The van der Waals surface area contributed by atoms with Crippen LogP contribution >= 0.6 is 0 Å². The van der Waals surface area contributed by atoms with Gasteiger partial charge < -0.3 is 10.1 Å². The van der Waals surface area contributed by atoms with Gasteiger partial charge in [0.1, 0.15) is 0 Å². The summed E-state index contributed by atoms with van der Waals surface area (Å²) >= 11 is 0. The zero-order valence-electron chi connectivity index (χ0n) is 9.67. The van der Waals surface area contributed by atoms with Crippen LogP contribution in [0.4, 0.5) is 0 Å². The van der Waals surface area contributed by atoms with Gasteiger partial charge in [-0.2, -0.15) is 5.10 Å². The van der Waals surface area contributed by atoms with E-state index in [4.69, 9.17) is 4.74 Å². The summed E-state index contributed by atoms with van der Waals surface area (Å²) in [6.07, 6.45) is 1.78. The minimum atomic E-state index is -0.0318. The number of hydrogen-bond acceptors (Lipinski definition) is 3. The molecule has 88 valence electrons. The lowest BCUT2D eigenvalue weighted by Gasteiger charge is -2.23. The van der Waals surface area contributed by atoms with Crippen LogP contribution < -0.4 is 5.32 Å². The Morgan fingerprint density at radius 1 is 1.44 bits per heavy atom. The van der Waals surface area contributed by atoms with Gasteiger partial charge >= 0.3 is 0 Å². The molecule has 1 aliphatic rings. The molecule has 1 aliphatic heterocycles. The molecule has 0 saturated carbocycles. The second-order valence-electron chi connectivity index (χ2n) is 4.17. The fraction of sp³-hybridized carbons (Fsp3) is 0.636. The van der Waals surface area contributed by atoms with E-state index in [-0.39, 0.29) is 11.9 Å². The molecule has 1 amide bonds. The van der Waals surface area contributed by atoms with Crippen LogP contribution in [-0.2, 0) is 4.74 Å². The van der Waals surface area contributed by atoms with Crippen molar-refractivity contribution >= 4 is 5.91 Å². The van der Waals surface area contributed by atoms with Gasteiger partial charge in [-0.1, -0.05) is 0 Å². The Labute approximate surface area is 94.6 Å². The third-order valence-electron chi connectivity index (χ3n) is 2.91. The molecule has 2 heterocycles. The highest BCUT2D eigenvalue weighted by molar-refractivity contribution is 5.96. The smallest absolute Gasteiger partial charge is 0.255 e. The maximum atomic E-state index is 12.0. The van der Waals surface area contributed by atoms with E-state index in [1.165, 1.54) is 0 Å². The van der Waals surface area contributed by atoms with E-state index < -0.39 is 0 Å². The van der Waals surface area contributed by atoms with Gasteiger partial charge in [0.25, 0.3) is 5.91 Å². The number of carbonyl (C=O) groups is 1. The van der Waals surface area contributed by atoms with Crippen molar-refractivity contribution < 1.29 is 9.53 Å². The number of ether oxygens (including phenoxy) is 1. The number of carbonyl (C=O) groups excluding carboxylic acids is 1.